The van der Waals surface area contributed by atoms with E-state index in [1.54, 1.807) is 12.1 Å². The van der Waals surface area contributed by atoms with Crippen LogP contribution in [0, 0.1) is 6.92 Å². The molecule has 0 aliphatic carbocycles. The summed E-state index contributed by atoms with van der Waals surface area (Å²) in [5.41, 5.74) is 1.36. The van der Waals surface area contributed by atoms with Crippen LogP contribution in [0.1, 0.15) is 35.2 Å². The van der Waals surface area contributed by atoms with Crippen LogP contribution in [-0.2, 0) is 0 Å². The Hall–Kier alpha value is -0.840. The zero-order valence-electron chi connectivity index (χ0n) is 9.27. The predicted octanol–water partition coefficient (Wildman–Crippen LogP) is 4.67. The van der Waals surface area contributed by atoms with Gasteiger partial charge in [-0.2, -0.15) is 13.2 Å². The van der Waals surface area contributed by atoms with Crippen molar-refractivity contribution in [2.75, 3.05) is 0 Å². The van der Waals surface area contributed by atoms with Crippen molar-refractivity contribution in [2.45, 2.75) is 32.4 Å². The monoisotopic (exact) mass is 308 g/mol. The lowest BCUT2D eigenvalue weighted by molar-refractivity contribution is -0.135. The fourth-order valence-electron chi connectivity index (χ4n) is 1.44. The van der Waals surface area contributed by atoms with E-state index in [9.17, 15) is 18.0 Å². The van der Waals surface area contributed by atoms with Crippen molar-refractivity contribution < 1.29 is 18.0 Å². The van der Waals surface area contributed by atoms with Crippen LogP contribution in [-0.4, -0.2) is 12.0 Å². The van der Waals surface area contributed by atoms with Crippen molar-refractivity contribution in [3.63, 3.8) is 0 Å². The topological polar surface area (TPSA) is 17.1 Å². The summed E-state index contributed by atoms with van der Waals surface area (Å²) in [4.78, 5) is 11.7. The second-order valence-electron chi connectivity index (χ2n) is 3.88. The molecule has 0 saturated carbocycles. The molecule has 0 saturated heterocycles. The number of carbonyl (C=O) groups is 1. The van der Waals surface area contributed by atoms with Gasteiger partial charge in [0.15, 0.2) is 5.78 Å². The van der Waals surface area contributed by atoms with Crippen molar-refractivity contribution in [3.8, 4) is 0 Å². The summed E-state index contributed by atoms with van der Waals surface area (Å²) in [7, 11) is 0. The second-order valence-corrected chi connectivity index (χ2v) is 4.73. The molecule has 0 radical (unpaired) electrons. The Balaban J connectivity index is 2.61. The molecular weight excluding hydrogens is 297 g/mol. The van der Waals surface area contributed by atoms with E-state index in [2.05, 4.69) is 15.9 Å². The number of alkyl halides is 3. The van der Waals surface area contributed by atoms with E-state index in [0.717, 1.165) is 5.56 Å². The van der Waals surface area contributed by atoms with Gasteiger partial charge in [-0.15, -0.1) is 0 Å². The van der Waals surface area contributed by atoms with Gasteiger partial charge in [-0.25, -0.2) is 0 Å². The summed E-state index contributed by atoms with van der Waals surface area (Å²) in [6.07, 6.45) is -5.35. The summed E-state index contributed by atoms with van der Waals surface area (Å²) in [6, 6.07) is 5.24. The van der Waals surface area contributed by atoms with E-state index in [1.807, 2.05) is 13.0 Å². The molecule has 1 nitrogen and oxygen atoms in total. The van der Waals surface area contributed by atoms with Gasteiger partial charge in [0.2, 0.25) is 0 Å². The van der Waals surface area contributed by atoms with Crippen LogP contribution in [0.2, 0.25) is 0 Å². The van der Waals surface area contributed by atoms with Crippen LogP contribution in [0.15, 0.2) is 22.7 Å². The molecule has 1 aromatic rings. The molecule has 0 aliphatic heterocycles. The van der Waals surface area contributed by atoms with Crippen LogP contribution in [0.25, 0.3) is 0 Å². The van der Waals surface area contributed by atoms with Crippen LogP contribution in [0.4, 0.5) is 13.2 Å². The second kappa shape index (κ2) is 5.67. The maximum Gasteiger partial charge on any atom is 0.389 e. The highest BCUT2D eigenvalue weighted by atomic mass is 79.9. The van der Waals surface area contributed by atoms with Crippen molar-refractivity contribution in [1.82, 2.24) is 0 Å². The van der Waals surface area contributed by atoms with E-state index in [1.165, 1.54) is 0 Å². The first-order valence-electron chi connectivity index (χ1n) is 5.16. The molecule has 0 bridgehead atoms. The standard InChI is InChI=1S/C12H12BrF3O/c1-8-4-5-10(13)9(7-8)11(17)3-2-6-12(14,15)16/h4-5,7H,2-3,6H2,1H3. The number of hydrogen-bond acceptors (Lipinski definition) is 1. The van der Waals surface area contributed by atoms with Gasteiger partial charge in [-0.1, -0.05) is 27.6 Å². The highest BCUT2D eigenvalue weighted by Crippen LogP contribution is 2.24. The average Bonchev–Trinajstić information content (AvgIpc) is 2.19. The molecule has 1 aromatic carbocycles. The lowest BCUT2D eigenvalue weighted by Crippen LogP contribution is -2.09. The van der Waals surface area contributed by atoms with Gasteiger partial charge in [-0.05, 0) is 25.5 Å². The van der Waals surface area contributed by atoms with Gasteiger partial charge in [0.25, 0.3) is 0 Å². The van der Waals surface area contributed by atoms with E-state index < -0.39 is 12.6 Å². The maximum absolute atomic E-state index is 11.9. The number of rotatable bonds is 4. The first-order chi connectivity index (χ1) is 7.79. The van der Waals surface area contributed by atoms with E-state index in [-0.39, 0.29) is 18.6 Å². The molecule has 0 aromatic heterocycles. The lowest BCUT2D eigenvalue weighted by atomic mass is 10.0. The zero-order valence-corrected chi connectivity index (χ0v) is 10.9. The third kappa shape index (κ3) is 4.89. The highest BCUT2D eigenvalue weighted by Gasteiger charge is 2.26. The normalized spacial score (nSPS) is 11.6. The van der Waals surface area contributed by atoms with Gasteiger partial charge in [0.05, 0.1) is 0 Å². The van der Waals surface area contributed by atoms with Gasteiger partial charge < -0.3 is 0 Å². The first kappa shape index (κ1) is 14.2. The Morgan fingerprint density at radius 2 is 2.00 bits per heavy atom. The minimum Gasteiger partial charge on any atom is -0.294 e. The Labute approximate surface area is 106 Å². The number of benzene rings is 1. The van der Waals surface area contributed by atoms with Crippen molar-refractivity contribution >= 4 is 21.7 Å². The van der Waals surface area contributed by atoms with Gasteiger partial charge in [0, 0.05) is 22.9 Å². The van der Waals surface area contributed by atoms with Crippen LogP contribution < -0.4 is 0 Å². The number of carbonyl (C=O) groups excluding carboxylic acids is 1. The number of aryl methyl sites for hydroxylation is 1. The smallest absolute Gasteiger partial charge is 0.294 e. The minimum atomic E-state index is -4.19. The van der Waals surface area contributed by atoms with E-state index in [4.69, 9.17) is 0 Å². The molecular formula is C12H12BrF3O. The number of Topliss-reactive ketones (excluding diaryl/α,β-unsaturated/α-hetero) is 1. The SMILES string of the molecule is Cc1ccc(Br)c(C(=O)CCCC(F)(F)F)c1. The molecule has 17 heavy (non-hydrogen) atoms. The van der Waals surface area contributed by atoms with Crippen LogP contribution in [0.3, 0.4) is 0 Å². The van der Waals surface area contributed by atoms with Crippen molar-refractivity contribution in [1.29, 1.82) is 0 Å². The molecule has 0 spiro atoms. The Morgan fingerprint density at radius 1 is 1.35 bits per heavy atom. The number of halogens is 4. The third-order valence-corrected chi connectivity index (χ3v) is 2.98. The van der Waals surface area contributed by atoms with Crippen molar-refractivity contribution in [3.05, 3.63) is 33.8 Å². The molecule has 5 heteroatoms. The average molecular weight is 309 g/mol. The molecule has 0 atom stereocenters. The number of hydrogen-bond donors (Lipinski definition) is 0. The van der Waals surface area contributed by atoms with Crippen LogP contribution in [0.5, 0.6) is 0 Å². The van der Waals surface area contributed by atoms with E-state index >= 15 is 0 Å². The van der Waals surface area contributed by atoms with Crippen LogP contribution >= 0.6 is 15.9 Å². The molecule has 1 rings (SSSR count). The third-order valence-electron chi connectivity index (χ3n) is 2.29. The number of ketones is 1. The predicted molar refractivity (Wildman–Crippen MR) is 63.1 cm³/mol. The fourth-order valence-corrected chi connectivity index (χ4v) is 1.90. The van der Waals surface area contributed by atoms with E-state index in [0.29, 0.717) is 10.0 Å². The maximum atomic E-state index is 11.9. The molecule has 0 unspecified atom stereocenters. The molecule has 0 N–H and O–H groups in total. The Bertz CT molecular complexity index is 413. The summed E-state index contributed by atoms with van der Waals surface area (Å²) >= 11 is 3.22. The lowest BCUT2D eigenvalue weighted by Gasteiger charge is -2.07. The summed E-state index contributed by atoms with van der Waals surface area (Å²) < 4.78 is 36.4. The molecule has 0 fully saturated rings. The summed E-state index contributed by atoms with van der Waals surface area (Å²) in [5.74, 6) is -0.259. The summed E-state index contributed by atoms with van der Waals surface area (Å²) in [6.45, 7) is 1.83. The fraction of sp³-hybridized carbons (Fsp3) is 0.417. The van der Waals surface area contributed by atoms with Gasteiger partial charge >= 0.3 is 6.18 Å². The van der Waals surface area contributed by atoms with Gasteiger partial charge in [0.1, 0.15) is 0 Å². The summed E-state index contributed by atoms with van der Waals surface area (Å²) in [5, 5.41) is 0. The molecule has 0 aliphatic rings. The zero-order chi connectivity index (χ0) is 13.1. The quantitative estimate of drug-likeness (QED) is 0.739. The minimum absolute atomic E-state index is 0.0818. The molecule has 0 heterocycles. The van der Waals surface area contributed by atoms with Gasteiger partial charge in [-0.3, -0.25) is 4.79 Å². The highest BCUT2D eigenvalue weighted by molar-refractivity contribution is 9.10. The molecule has 0 amide bonds. The molecule has 94 valence electrons. The van der Waals surface area contributed by atoms with Crippen molar-refractivity contribution in [2.24, 2.45) is 0 Å². The Morgan fingerprint density at radius 3 is 2.59 bits per heavy atom. The Kier molecular flexibility index (Phi) is 4.74. The largest absolute Gasteiger partial charge is 0.389 e. The first-order valence-corrected chi connectivity index (χ1v) is 5.95.